The standard InChI is InChI=1S/C26H26N2O6S/c1-26(2)20(24(31)32)28-22(30)19(23(28)35-26)27-21(29)18(15-7-4-3-5-8-15)25(33)34-17-12-11-14-9-6-10-16(14)13-17/h3-5,7-8,11-13,18-20,23H,6,9-10H2,1-2H3,(H,27,29)(H,31,32)/p-1/t18?,19-,20+,23-/m1/s1. The summed E-state index contributed by atoms with van der Waals surface area (Å²) in [4.78, 5) is 52.3. The Morgan fingerprint density at radius 3 is 2.54 bits per heavy atom. The number of fused-ring (bicyclic) bond motifs is 2. The number of aliphatic carboxylic acids is 1. The number of carboxylic acids is 1. The smallest absolute Gasteiger partial charge is 0.328 e. The van der Waals surface area contributed by atoms with Crippen LogP contribution in [-0.2, 0) is 32.0 Å². The van der Waals surface area contributed by atoms with E-state index in [1.807, 2.05) is 12.1 Å². The van der Waals surface area contributed by atoms with Crippen molar-refractivity contribution >= 4 is 35.5 Å². The number of β-lactam (4-membered cyclic amide) rings is 1. The molecule has 0 saturated carbocycles. The number of nitrogens with zero attached hydrogens (tertiary/aromatic N) is 1. The fourth-order valence-corrected chi connectivity index (χ4v) is 6.81. The average Bonchev–Trinajstić information content (AvgIpc) is 3.38. The van der Waals surface area contributed by atoms with Crippen LogP contribution in [0.5, 0.6) is 5.75 Å². The van der Waals surface area contributed by atoms with Crippen molar-refractivity contribution in [3.05, 3.63) is 65.2 Å². The van der Waals surface area contributed by atoms with Gasteiger partial charge in [-0.05, 0) is 61.9 Å². The lowest BCUT2D eigenvalue weighted by molar-refractivity contribution is -0.312. The van der Waals surface area contributed by atoms with Crippen molar-refractivity contribution in [2.45, 2.75) is 61.2 Å². The number of nitrogens with one attached hydrogen (secondary N) is 1. The van der Waals surface area contributed by atoms with Gasteiger partial charge in [-0.15, -0.1) is 11.8 Å². The van der Waals surface area contributed by atoms with Gasteiger partial charge in [0, 0.05) is 4.75 Å². The van der Waals surface area contributed by atoms with E-state index in [4.69, 9.17) is 4.74 Å². The van der Waals surface area contributed by atoms with E-state index in [-0.39, 0.29) is 0 Å². The van der Waals surface area contributed by atoms with E-state index >= 15 is 0 Å². The number of aryl methyl sites for hydroxylation is 2. The van der Waals surface area contributed by atoms with Crippen LogP contribution < -0.4 is 15.2 Å². The van der Waals surface area contributed by atoms with Gasteiger partial charge in [-0.25, -0.2) is 0 Å². The van der Waals surface area contributed by atoms with Gasteiger partial charge >= 0.3 is 5.97 Å². The second-order valence-electron chi connectivity index (χ2n) is 9.61. The highest BCUT2D eigenvalue weighted by Crippen LogP contribution is 2.50. The van der Waals surface area contributed by atoms with Gasteiger partial charge in [-0.1, -0.05) is 36.4 Å². The van der Waals surface area contributed by atoms with Crippen molar-refractivity contribution in [2.75, 3.05) is 0 Å². The number of benzene rings is 2. The number of carbonyl (C=O) groups excluding carboxylic acids is 4. The van der Waals surface area contributed by atoms with Crippen LogP contribution in [0.15, 0.2) is 48.5 Å². The molecule has 0 aromatic heterocycles. The van der Waals surface area contributed by atoms with Crippen LogP contribution in [0.2, 0.25) is 0 Å². The van der Waals surface area contributed by atoms with Gasteiger partial charge in [0.1, 0.15) is 17.2 Å². The molecule has 182 valence electrons. The van der Waals surface area contributed by atoms with Crippen molar-refractivity contribution in [1.82, 2.24) is 10.2 Å². The SMILES string of the molecule is CC1(C)S[C@@H]2[C@H](NC(=O)C(C(=O)Oc3ccc4c(c3)CCC4)c3ccccc3)C(=O)N2[C@H]1C(=O)[O-]. The third-order valence-corrected chi connectivity index (χ3v) is 8.45. The summed E-state index contributed by atoms with van der Waals surface area (Å²) in [5.41, 5.74) is 2.81. The molecule has 0 radical (unpaired) electrons. The van der Waals surface area contributed by atoms with Gasteiger partial charge in [0.05, 0.1) is 12.0 Å². The second-order valence-corrected chi connectivity index (χ2v) is 11.4. The van der Waals surface area contributed by atoms with E-state index in [9.17, 15) is 24.3 Å². The first-order valence-corrected chi connectivity index (χ1v) is 12.4. The fourth-order valence-electron chi connectivity index (χ4n) is 5.19. The summed E-state index contributed by atoms with van der Waals surface area (Å²) in [6.45, 7) is 3.45. The molecule has 5 rings (SSSR count). The van der Waals surface area contributed by atoms with Crippen molar-refractivity contribution in [1.29, 1.82) is 0 Å². The molecule has 35 heavy (non-hydrogen) atoms. The molecule has 3 aliphatic rings. The van der Waals surface area contributed by atoms with Crippen LogP contribution in [0.25, 0.3) is 0 Å². The first-order chi connectivity index (χ1) is 16.7. The Bertz CT molecular complexity index is 1210. The van der Waals surface area contributed by atoms with E-state index < -0.39 is 51.9 Å². The summed E-state index contributed by atoms with van der Waals surface area (Å²) in [6, 6.07) is 12.0. The number of amides is 2. The second kappa shape index (κ2) is 8.71. The normalized spacial score (nSPS) is 24.7. The lowest BCUT2D eigenvalue weighted by Crippen LogP contribution is -2.72. The van der Waals surface area contributed by atoms with E-state index in [2.05, 4.69) is 5.32 Å². The minimum atomic E-state index is -1.33. The van der Waals surface area contributed by atoms with Gasteiger partial charge in [0.15, 0.2) is 5.92 Å². The number of thioether (sulfide) groups is 1. The zero-order valence-corrected chi connectivity index (χ0v) is 20.2. The number of hydrogen-bond acceptors (Lipinski definition) is 7. The molecule has 2 amide bonds. The van der Waals surface area contributed by atoms with Crippen LogP contribution in [0, 0.1) is 0 Å². The first-order valence-electron chi connectivity index (χ1n) is 11.6. The third kappa shape index (κ3) is 4.07. The maximum atomic E-state index is 13.4. The van der Waals surface area contributed by atoms with Gasteiger partial charge in [0.2, 0.25) is 11.8 Å². The topological polar surface area (TPSA) is 116 Å². The lowest BCUT2D eigenvalue weighted by Gasteiger charge is -2.45. The van der Waals surface area contributed by atoms with E-state index in [1.165, 1.54) is 22.2 Å². The van der Waals surface area contributed by atoms with Crippen molar-refractivity contribution in [3.8, 4) is 5.75 Å². The number of esters is 1. The molecule has 2 saturated heterocycles. The molecule has 4 atom stereocenters. The maximum absolute atomic E-state index is 13.4. The molecule has 2 aromatic carbocycles. The molecule has 8 nitrogen and oxygen atoms in total. The number of ether oxygens (including phenoxy) is 1. The van der Waals surface area contributed by atoms with Crippen LogP contribution in [0.1, 0.15) is 42.9 Å². The molecule has 2 aromatic rings. The highest BCUT2D eigenvalue weighted by molar-refractivity contribution is 8.01. The summed E-state index contributed by atoms with van der Waals surface area (Å²) in [5.74, 6) is -4.17. The third-order valence-electron chi connectivity index (χ3n) is 6.88. The maximum Gasteiger partial charge on any atom is 0.328 e. The average molecular weight is 494 g/mol. The predicted molar refractivity (Wildman–Crippen MR) is 126 cm³/mol. The minimum Gasteiger partial charge on any atom is -0.548 e. The fraction of sp³-hybridized carbons (Fsp3) is 0.385. The molecule has 1 N–H and O–H groups in total. The highest BCUT2D eigenvalue weighted by Gasteiger charge is 2.62. The van der Waals surface area contributed by atoms with Gasteiger partial charge < -0.3 is 24.9 Å². The van der Waals surface area contributed by atoms with Crippen LogP contribution >= 0.6 is 11.8 Å². The van der Waals surface area contributed by atoms with Gasteiger partial charge in [-0.3, -0.25) is 14.4 Å². The van der Waals surface area contributed by atoms with Crippen LogP contribution in [-0.4, -0.2) is 50.9 Å². The molecule has 2 heterocycles. The Balaban J connectivity index is 1.35. The van der Waals surface area contributed by atoms with E-state index in [0.717, 1.165) is 24.8 Å². The Morgan fingerprint density at radius 2 is 1.83 bits per heavy atom. The van der Waals surface area contributed by atoms with Crippen LogP contribution in [0.4, 0.5) is 0 Å². The summed E-state index contributed by atoms with van der Waals surface area (Å²) in [7, 11) is 0. The van der Waals surface area contributed by atoms with Crippen molar-refractivity contribution in [3.63, 3.8) is 0 Å². The monoisotopic (exact) mass is 493 g/mol. The molecule has 2 aliphatic heterocycles. The van der Waals surface area contributed by atoms with Crippen LogP contribution in [0.3, 0.4) is 0 Å². The van der Waals surface area contributed by atoms with Gasteiger partial charge in [0.25, 0.3) is 0 Å². The summed E-state index contributed by atoms with van der Waals surface area (Å²) in [6.07, 6.45) is 2.98. The van der Waals surface area contributed by atoms with E-state index in [1.54, 1.807) is 50.2 Å². The van der Waals surface area contributed by atoms with Crippen molar-refractivity contribution in [2.24, 2.45) is 0 Å². The molecule has 1 aliphatic carbocycles. The Morgan fingerprint density at radius 1 is 1.11 bits per heavy atom. The largest absolute Gasteiger partial charge is 0.548 e. The predicted octanol–water partition coefficient (Wildman–Crippen LogP) is 1.16. The van der Waals surface area contributed by atoms with E-state index in [0.29, 0.717) is 11.3 Å². The lowest BCUT2D eigenvalue weighted by atomic mass is 9.94. The number of hydrogen-bond donors (Lipinski definition) is 1. The number of carbonyl (C=O) groups is 4. The zero-order valence-electron chi connectivity index (χ0n) is 19.4. The molecule has 1 unspecified atom stereocenters. The molecular formula is C26H25N2O6S-. The minimum absolute atomic E-state index is 0.375. The quantitative estimate of drug-likeness (QED) is 0.278. The Hall–Kier alpha value is -3.33. The number of rotatable bonds is 6. The molecular weight excluding hydrogens is 468 g/mol. The molecule has 2 fully saturated rings. The molecule has 0 spiro atoms. The molecule has 0 bridgehead atoms. The summed E-state index contributed by atoms with van der Waals surface area (Å²) in [5, 5.41) is 13.8. The summed E-state index contributed by atoms with van der Waals surface area (Å²) >= 11 is 1.29. The Kier molecular flexibility index (Phi) is 5.83. The molecule has 9 heteroatoms. The summed E-state index contributed by atoms with van der Waals surface area (Å²) < 4.78 is 4.85. The van der Waals surface area contributed by atoms with Gasteiger partial charge in [-0.2, -0.15) is 0 Å². The number of carboxylic acid groups (broad SMARTS) is 1. The zero-order chi connectivity index (χ0) is 24.9. The van der Waals surface area contributed by atoms with Crippen molar-refractivity contribution < 1.29 is 29.0 Å². The first kappa shape index (κ1) is 23.4. The Labute approximate surface area is 207 Å². The highest BCUT2D eigenvalue weighted by atomic mass is 32.2.